The number of benzene rings is 2. The van der Waals surface area contributed by atoms with Crippen LogP contribution in [0.15, 0.2) is 48.5 Å². The van der Waals surface area contributed by atoms with Gasteiger partial charge in [0.2, 0.25) is 5.91 Å². The van der Waals surface area contributed by atoms with E-state index in [1.54, 1.807) is 6.92 Å². The van der Waals surface area contributed by atoms with Gasteiger partial charge in [-0.05, 0) is 54.9 Å². The molecule has 5 rings (SSSR count). The molecule has 0 bridgehead atoms. The number of hydrogen-bond acceptors (Lipinski definition) is 4. The Labute approximate surface area is 205 Å². The molecule has 2 aromatic rings. The molecule has 184 valence electrons. The zero-order chi connectivity index (χ0) is 24.6. The van der Waals surface area contributed by atoms with Gasteiger partial charge in [-0.2, -0.15) is 0 Å². The molecule has 3 atom stereocenters. The summed E-state index contributed by atoms with van der Waals surface area (Å²) in [6.07, 6.45) is 3.71. The Morgan fingerprint density at radius 3 is 2.29 bits per heavy atom. The van der Waals surface area contributed by atoms with Crippen LogP contribution in [0.4, 0.5) is 4.79 Å². The van der Waals surface area contributed by atoms with E-state index in [-0.39, 0.29) is 24.5 Å². The van der Waals surface area contributed by atoms with Gasteiger partial charge < -0.3 is 20.1 Å². The first-order valence-corrected chi connectivity index (χ1v) is 12.6. The van der Waals surface area contributed by atoms with Crippen molar-refractivity contribution in [2.24, 2.45) is 5.92 Å². The van der Waals surface area contributed by atoms with E-state index in [4.69, 9.17) is 4.74 Å². The number of carboxylic acid groups (broad SMARTS) is 1. The van der Waals surface area contributed by atoms with Crippen molar-refractivity contribution in [3.8, 4) is 11.1 Å². The van der Waals surface area contributed by atoms with Gasteiger partial charge in [-0.15, -0.1) is 0 Å². The van der Waals surface area contributed by atoms with E-state index in [2.05, 4.69) is 29.6 Å². The number of amides is 2. The lowest BCUT2D eigenvalue weighted by Crippen LogP contribution is -2.56. The summed E-state index contributed by atoms with van der Waals surface area (Å²) in [7, 11) is 0. The van der Waals surface area contributed by atoms with Gasteiger partial charge in [-0.3, -0.25) is 4.79 Å². The van der Waals surface area contributed by atoms with Gasteiger partial charge >= 0.3 is 12.1 Å². The van der Waals surface area contributed by atoms with Crippen LogP contribution >= 0.6 is 0 Å². The summed E-state index contributed by atoms with van der Waals surface area (Å²) < 4.78 is 5.71. The maximum absolute atomic E-state index is 13.4. The zero-order valence-corrected chi connectivity index (χ0v) is 20.0. The monoisotopic (exact) mass is 476 g/mol. The van der Waals surface area contributed by atoms with Crippen molar-refractivity contribution in [2.45, 2.75) is 62.9 Å². The highest BCUT2D eigenvalue weighted by Gasteiger charge is 2.48. The average molecular weight is 477 g/mol. The minimum atomic E-state index is -1.18. The number of alkyl carbamates (subject to hydrolysis) is 1. The summed E-state index contributed by atoms with van der Waals surface area (Å²) >= 11 is 0. The van der Waals surface area contributed by atoms with Crippen molar-refractivity contribution in [1.29, 1.82) is 0 Å². The molecule has 2 N–H and O–H groups in total. The molecule has 3 aliphatic rings. The first-order valence-electron chi connectivity index (χ1n) is 12.6. The lowest BCUT2D eigenvalue weighted by Gasteiger charge is -2.38. The first-order chi connectivity index (χ1) is 16.9. The predicted octanol–water partition coefficient (Wildman–Crippen LogP) is 4.55. The molecule has 1 saturated heterocycles. The van der Waals surface area contributed by atoms with Crippen LogP contribution in [0.5, 0.6) is 0 Å². The van der Waals surface area contributed by atoms with Crippen molar-refractivity contribution in [1.82, 2.24) is 10.2 Å². The maximum Gasteiger partial charge on any atom is 0.407 e. The lowest BCUT2D eigenvalue weighted by atomic mass is 9.82. The summed E-state index contributed by atoms with van der Waals surface area (Å²) in [6.45, 7) is 2.28. The van der Waals surface area contributed by atoms with E-state index in [0.717, 1.165) is 24.0 Å². The van der Waals surface area contributed by atoms with Crippen LogP contribution in [0, 0.1) is 5.92 Å². The van der Waals surface area contributed by atoms with E-state index in [9.17, 15) is 19.5 Å². The van der Waals surface area contributed by atoms with Gasteiger partial charge in [0, 0.05) is 18.5 Å². The molecular weight excluding hydrogens is 444 g/mol. The van der Waals surface area contributed by atoms with Crippen LogP contribution in [0.2, 0.25) is 0 Å². The summed E-state index contributed by atoms with van der Waals surface area (Å²) in [5, 5.41) is 12.7. The number of nitrogens with one attached hydrogen (secondary N) is 1. The Morgan fingerprint density at radius 1 is 1.00 bits per heavy atom. The van der Waals surface area contributed by atoms with Crippen LogP contribution in [0.3, 0.4) is 0 Å². The minimum absolute atomic E-state index is 0.0298. The van der Waals surface area contributed by atoms with Crippen molar-refractivity contribution in [3.63, 3.8) is 0 Å². The Balaban J connectivity index is 1.26. The van der Waals surface area contributed by atoms with E-state index in [0.29, 0.717) is 32.2 Å². The number of rotatable bonds is 5. The molecule has 2 amide bonds. The smallest absolute Gasteiger partial charge is 0.407 e. The predicted molar refractivity (Wildman–Crippen MR) is 131 cm³/mol. The molecular formula is C28H32N2O5. The second kappa shape index (κ2) is 9.36. The van der Waals surface area contributed by atoms with Crippen molar-refractivity contribution in [3.05, 3.63) is 59.7 Å². The third-order valence-corrected chi connectivity index (χ3v) is 8.10. The van der Waals surface area contributed by atoms with Crippen LogP contribution in [-0.2, 0) is 14.3 Å². The summed E-state index contributed by atoms with van der Waals surface area (Å²) in [4.78, 5) is 39.7. The molecule has 0 aromatic heterocycles. The SMILES string of the molecule is CC1(C(=O)O)CCCN1C(=O)[C@H]1CCCC[C@H]1NC(=O)OCC1c2ccccc2-c2ccccc21. The number of nitrogens with zero attached hydrogens (tertiary/aromatic N) is 1. The average Bonchev–Trinajstić information content (AvgIpc) is 3.42. The Kier molecular flexibility index (Phi) is 6.26. The standard InChI is InChI=1S/C28H32N2O5/c1-28(26(32)33)15-8-16-30(28)25(31)22-13-6-7-14-24(22)29-27(34)35-17-23-20-11-4-2-9-18(20)19-10-3-5-12-21(19)23/h2-5,9-12,22-24H,6-8,13-17H2,1H3,(H,29,34)(H,32,33)/t22-,24+,28?/m0/s1. The molecule has 2 aliphatic carbocycles. The van der Waals surface area contributed by atoms with Gasteiger partial charge in [0.1, 0.15) is 12.1 Å². The second-order valence-electron chi connectivity index (χ2n) is 10.1. The first kappa shape index (κ1) is 23.4. The Morgan fingerprint density at radius 2 is 1.63 bits per heavy atom. The largest absolute Gasteiger partial charge is 0.480 e. The zero-order valence-electron chi connectivity index (χ0n) is 20.0. The summed E-state index contributed by atoms with van der Waals surface area (Å²) in [5.74, 6) is -1.60. The quantitative estimate of drug-likeness (QED) is 0.660. The Bertz CT molecular complexity index is 1100. The normalized spacial score (nSPS) is 25.6. The molecule has 7 heteroatoms. The fraction of sp³-hybridized carbons (Fsp3) is 0.464. The molecule has 1 aliphatic heterocycles. The number of carbonyl (C=O) groups excluding carboxylic acids is 2. The number of fused-ring (bicyclic) bond motifs is 3. The second-order valence-corrected chi connectivity index (χ2v) is 10.1. The molecule has 1 unspecified atom stereocenters. The van der Waals surface area contributed by atoms with Gasteiger partial charge in [0.15, 0.2) is 0 Å². The highest BCUT2D eigenvalue weighted by molar-refractivity contribution is 5.89. The number of carboxylic acids is 1. The third-order valence-electron chi connectivity index (χ3n) is 8.10. The van der Waals surface area contributed by atoms with Crippen LogP contribution in [0.25, 0.3) is 11.1 Å². The lowest BCUT2D eigenvalue weighted by molar-refractivity contribution is -0.157. The number of carbonyl (C=O) groups is 3. The third kappa shape index (κ3) is 4.17. The molecule has 2 fully saturated rings. The number of likely N-dealkylation sites (tertiary alicyclic amines) is 1. The van der Waals surface area contributed by atoms with Gasteiger partial charge in [0.05, 0.1) is 5.92 Å². The summed E-state index contributed by atoms with van der Waals surface area (Å²) in [5.41, 5.74) is 3.45. The van der Waals surface area contributed by atoms with E-state index >= 15 is 0 Å². The highest BCUT2D eigenvalue weighted by atomic mass is 16.5. The molecule has 0 radical (unpaired) electrons. The van der Waals surface area contributed by atoms with Gasteiger partial charge in [0.25, 0.3) is 0 Å². The molecule has 1 heterocycles. The topological polar surface area (TPSA) is 95.9 Å². The molecule has 2 aromatic carbocycles. The maximum atomic E-state index is 13.4. The van der Waals surface area contributed by atoms with E-state index < -0.39 is 23.5 Å². The van der Waals surface area contributed by atoms with E-state index in [1.165, 1.54) is 16.0 Å². The van der Waals surface area contributed by atoms with Crippen LogP contribution in [-0.4, -0.2) is 52.7 Å². The van der Waals surface area contributed by atoms with Gasteiger partial charge in [-0.25, -0.2) is 9.59 Å². The number of aliphatic carboxylic acids is 1. The molecule has 7 nitrogen and oxygen atoms in total. The summed E-state index contributed by atoms with van der Waals surface area (Å²) in [6, 6.07) is 16.0. The minimum Gasteiger partial charge on any atom is -0.480 e. The van der Waals surface area contributed by atoms with E-state index in [1.807, 2.05) is 24.3 Å². The van der Waals surface area contributed by atoms with Crippen molar-refractivity contribution in [2.75, 3.05) is 13.2 Å². The Hall–Kier alpha value is -3.35. The number of hydrogen-bond donors (Lipinski definition) is 2. The van der Waals surface area contributed by atoms with Gasteiger partial charge in [-0.1, -0.05) is 61.4 Å². The molecule has 35 heavy (non-hydrogen) atoms. The number of ether oxygens (including phenoxy) is 1. The molecule has 0 spiro atoms. The van der Waals surface area contributed by atoms with Crippen LogP contribution < -0.4 is 5.32 Å². The van der Waals surface area contributed by atoms with Crippen LogP contribution in [0.1, 0.15) is 62.5 Å². The van der Waals surface area contributed by atoms with Crippen molar-refractivity contribution < 1.29 is 24.2 Å². The molecule has 1 saturated carbocycles. The van der Waals surface area contributed by atoms with Crippen molar-refractivity contribution >= 4 is 18.0 Å². The fourth-order valence-electron chi connectivity index (χ4n) is 6.13. The fourth-order valence-corrected chi connectivity index (χ4v) is 6.13. The highest BCUT2D eigenvalue weighted by Crippen LogP contribution is 2.44.